The lowest BCUT2D eigenvalue weighted by Crippen LogP contribution is -1.92. The molecule has 0 fully saturated rings. The number of aromatic nitrogens is 2. The fourth-order valence-electron chi connectivity index (χ4n) is 2.02. The van der Waals surface area contributed by atoms with Gasteiger partial charge in [0.1, 0.15) is 6.20 Å². The Morgan fingerprint density at radius 2 is 2.00 bits per heavy atom. The summed E-state index contributed by atoms with van der Waals surface area (Å²) in [5.41, 5.74) is 4.06. The van der Waals surface area contributed by atoms with Crippen molar-refractivity contribution in [1.29, 1.82) is 0 Å². The van der Waals surface area contributed by atoms with Crippen molar-refractivity contribution in [1.82, 2.24) is 10.1 Å². The molecule has 3 rings (SSSR count). The van der Waals surface area contributed by atoms with Crippen LogP contribution in [0.1, 0.15) is 12.6 Å². The summed E-state index contributed by atoms with van der Waals surface area (Å²) in [4.78, 5) is 4.33. The Kier molecular flexibility index (Phi) is 3.11. The lowest BCUT2D eigenvalue weighted by molar-refractivity contribution is 0.432. The highest BCUT2D eigenvalue weighted by atomic mass is 16.5. The van der Waals surface area contributed by atoms with E-state index in [0.717, 1.165) is 28.8 Å². The van der Waals surface area contributed by atoms with Gasteiger partial charge in [-0.3, -0.25) is 4.98 Å². The van der Waals surface area contributed by atoms with E-state index >= 15 is 0 Å². The lowest BCUT2D eigenvalue weighted by atomic mass is 9.99. The van der Waals surface area contributed by atoms with E-state index in [2.05, 4.69) is 41.5 Å². The Morgan fingerprint density at radius 1 is 1.16 bits per heavy atom. The number of aryl methyl sites for hydroxylation is 1. The van der Waals surface area contributed by atoms with Gasteiger partial charge in [-0.25, -0.2) is 0 Å². The lowest BCUT2D eigenvalue weighted by Gasteiger charge is -2.08. The molecule has 0 saturated heterocycles. The van der Waals surface area contributed by atoms with E-state index in [-0.39, 0.29) is 0 Å². The van der Waals surface area contributed by atoms with Crippen molar-refractivity contribution < 1.29 is 4.52 Å². The van der Waals surface area contributed by atoms with Crippen molar-refractivity contribution in [3.63, 3.8) is 0 Å². The van der Waals surface area contributed by atoms with E-state index in [9.17, 15) is 0 Å². The predicted molar refractivity (Wildman–Crippen MR) is 73.4 cm³/mol. The quantitative estimate of drug-likeness (QED) is 0.709. The van der Waals surface area contributed by atoms with Crippen molar-refractivity contribution >= 4 is 0 Å². The smallest absolute Gasteiger partial charge is 0.169 e. The Labute approximate surface area is 111 Å². The molecule has 0 N–H and O–H groups in total. The summed E-state index contributed by atoms with van der Waals surface area (Å²) in [5.74, 6) is 0.689. The number of hydrogen-bond donors (Lipinski definition) is 0. The molecule has 19 heavy (non-hydrogen) atoms. The minimum absolute atomic E-state index is 0.689. The van der Waals surface area contributed by atoms with Crippen LogP contribution >= 0.6 is 0 Å². The molecule has 2 heterocycles. The van der Waals surface area contributed by atoms with Crippen molar-refractivity contribution in [2.24, 2.45) is 0 Å². The van der Waals surface area contributed by atoms with Gasteiger partial charge in [-0.05, 0) is 23.6 Å². The first-order valence-corrected chi connectivity index (χ1v) is 6.26. The van der Waals surface area contributed by atoms with Gasteiger partial charge < -0.3 is 4.52 Å². The van der Waals surface area contributed by atoms with Crippen molar-refractivity contribution in [2.45, 2.75) is 13.3 Å². The zero-order valence-corrected chi connectivity index (χ0v) is 10.6. The third-order valence-corrected chi connectivity index (χ3v) is 3.02. The van der Waals surface area contributed by atoms with E-state index in [1.54, 1.807) is 6.20 Å². The summed E-state index contributed by atoms with van der Waals surface area (Å²) in [5, 5.41) is 3.75. The molecule has 93 valence electrons. The first-order valence-electron chi connectivity index (χ1n) is 6.26. The highest BCUT2D eigenvalue weighted by Crippen LogP contribution is 2.31. The first-order chi connectivity index (χ1) is 9.38. The minimum atomic E-state index is 0.689. The molecular weight excluding hydrogens is 236 g/mol. The summed E-state index contributed by atoms with van der Waals surface area (Å²) in [6.45, 7) is 2.08. The third-order valence-electron chi connectivity index (χ3n) is 3.02. The minimum Gasteiger partial charge on any atom is -0.356 e. The molecule has 0 spiro atoms. The average molecular weight is 249 g/mol. The standard InChI is InChI=1S/C16H13N2O/c1-2-13-10-14(12-6-4-3-5-7-12)15(11-17-13)16-8-9-18-19-16/h3-10H,2H2,1H3. The van der Waals surface area contributed by atoms with Crippen LogP contribution in [0.25, 0.3) is 22.5 Å². The molecular formula is C16H13N2O. The summed E-state index contributed by atoms with van der Waals surface area (Å²) in [6, 6.07) is 14.1. The maximum atomic E-state index is 5.23. The predicted octanol–water partition coefficient (Wildman–Crippen LogP) is 3.77. The Morgan fingerprint density at radius 3 is 2.68 bits per heavy atom. The van der Waals surface area contributed by atoms with Gasteiger partial charge in [0.25, 0.3) is 0 Å². The summed E-state index contributed by atoms with van der Waals surface area (Å²) < 4.78 is 5.23. The van der Waals surface area contributed by atoms with Crippen LogP contribution in [0.4, 0.5) is 0 Å². The van der Waals surface area contributed by atoms with Crippen LogP contribution in [0.2, 0.25) is 0 Å². The largest absolute Gasteiger partial charge is 0.356 e. The molecule has 0 aliphatic rings. The second-order valence-corrected chi connectivity index (χ2v) is 4.24. The number of rotatable bonds is 3. The molecule has 0 unspecified atom stereocenters. The van der Waals surface area contributed by atoms with Crippen LogP contribution in [0, 0.1) is 6.20 Å². The zero-order chi connectivity index (χ0) is 13.1. The van der Waals surface area contributed by atoms with Gasteiger partial charge in [-0.1, -0.05) is 42.4 Å². The number of pyridine rings is 1. The van der Waals surface area contributed by atoms with Crippen molar-refractivity contribution in [3.8, 4) is 22.5 Å². The molecule has 2 aromatic heterocycles. The van der Waals surface area contributed by atoms with Gasteiger partial charge in [0.05, 0.1) is 11.8 Å². The number of benzene rings is 1. The topological polar surface area (TPSA) is 38.9 Å². The van der Waals surface area contributed by atoms with Gasteiger partial charge in [-0.2, -0.15) is 0 Å². The summed E-state index contributed by atoms with van der Waals surface area (Å²) in [6.07, 6.45) is 5.59. The van der Waals surface area contributed by atoms with Crippen LogP contribution in [-0.4, -0.2) is 10.1 Å². The van der Waals surface area contributed by atoms with Crippen molar-refractivity contribution in [3.05, 3.63) is 60.6 Å². The van der Waals surface area contributed by atoms with E-state index in [1.165, 1.54) is 0 Å². The normalized spacial score (nSPS) is 10.6. The summed E-state index contributed by atoms with van der Waals surface area (Å²) in [7, 11) is 0. The second kappa shape index (κ2) is 5.06. The van der Waals surface area contributed by atoms with Crippen LogP contribution < -0.4 is 0 Å². The molecule has 0 aliphatic heterocycles. The Bertz CT molecular complexity index is 660. The molecule has 0 bridgehead atoms. The zero-order valence-electron chi connectivity index (χ0n) is 10.6. The monoisotopic (exact) mass is 249 g/mol. The Hall–Kier alpha value is -2.42. The fourth-order valence-corrected chi connectivity index (χ4v) is 2.02. The fraction of sp³-hybridized carbons (Fsp3) is 0.125. The van der Waals surface area contributed by atoms with Gasteiger partial charge in [0, 0.05) is 11.8 Å². The molecule has 0 saturated carbocycles. The van der Waals surface area contributed by atoms with Crippen LogP contribution in [0.5, 0.6) is 0 Å². The molecule has 1 radical (unpaired) electrons. The maximum absolute atomic E-state index is 5.23. The van der Waals surface area contributed by atoms with Gasteiger partial charge >= 0.3 is 0 Å². The average Bonchev–Trinajstić information content (AvgIpc) is 3.01. The molecule has 0 amide bonds. The highest BCUT2D eigenvalue weighted by molar-refractivity contribution is 5.80. The van der Waals surface area contributed by atoms with Gasteiger partial charge in [0.2, 0.25) is 0 Å². The van der Waals surface area contributed by atoms with Gasteiger partial charge in [-0.15, -0.1) is 0 Å². The summed E-state index contributed by atoms with van der Waals surface area (Å²) >= 11 is 0. The molecule has 0 atom stereocenters. The first kappa shape index (κ1) is 11.7. The molecule has 3 aromatic rings. The molecule has 3 heteroatoms. The molecule has 3 nitrogen and oxygen atoms in total. The Balaban J connectivity index is 2.20. The van der Waals surface area contributed by atoms with Gasteiger partial charge in [0.15, 0.2) is 5.76 Å². The van der Waals surface area contributed by atoms with Crippen molar-refractivity contribution in [2.75, 3.05) is 0 Å². The van der Waals surface area contributed by atoms with Crippen LogP contribution in [0.15, 0.2) is 53.2 Å². The maximum Gasteiger partial charge on any atom is 0.169 e. The third kappa shape index (κ3) is 2.27. The van der Waals surface area contributed by atoms with Crippen LogP contribution in [0.3, 0.4) is 0 Å². The van der Waals surface area contributed by atoms with E-state index < -0.39 is 0 Å². The molecule has 1 aromatic carbocycles. The van der Waals surface area contributed by atoms with E-state index in [1.807, 2.05) is 24.3 Å². The van der Waals surface area contributed by atoms with E-state index in [0.29, 0.717) is 5.76 Å². The van der Waals surface area contributed by atoms with Crippen LogP contribution in [-0.2, 0) is 6.42 Å². The van der Waals surface area contributed by atoms with E-state index in [4.69, 9.17) is 4.52 Å². The highest BCUT2D eigenvalue weighted by Gasteiger charge is 2.12. The number of nitrogens with zero attached hydrogens (tertiary/aromatic N) is 2. The number of hydrogen-bond acceptors (Lipinski definition) is 3. The SMILES string of the molecule is CCc1cc(-c2ccccc2)c(-c2ccno2)[c]n1. The second-order valence-electron chi connectivity index (χ2n) is 4.24. The molecule has 0 aliphatic carbocycles.